The Kier molecular flexibility index (Phi) is 2.60. The van der Waals surface area contributed by atoms with Crippen molar-refractivity contribution in [2.45, 2.75) is 31.1 Å². The van der Waals surface area contributed by atoms with Crippen LogP contribution in [-0.2, 0) is 5.41 Å². The Balaban J connectivity index is 2.17. The fourth-order valence-electron chi connectivity index (χ4n) is 2.94. The maximum absolute atomic E-state index is 6.00. The monoisotopic (exact) mass is 249 g/mol. The molecule has 1 fully saturated rings. The van der Waals surface area contributed by atoms with Gasteiger partial charge < -0.3 is 10.1 Å². The molecular weight excluding hydrogens is 234 g/mol. The fourth-order valence-corrected chi connectivity index (χ4v) is 3.10. The molecule has 0 atom stereocenters. The number of imidazole rings is 1. The van der Waals surface area contributed by atoms with Crippen molar-refractivity contribution in [2.24, 2.45) is 5.73 Å². The third-order valence-electron chi connectivity index (χ3n) is 3.92. The lowest BCUT2D eigenvalue weighted by Crippen LogP contribution is -2.34. The van der Waals surface area contributed by atoms with Gasteiger partial charge in [0.15, 0.2) is 0 Å². The molecule has 0 radical (unpaired) electrons. The van der Waals surface area contributed by atoms with E-state index < -0.39 is 0 Å². The topological polar surface area (TPSA) is 43.3 Å². The molecule has 0 saturated heterocycles. The first-order valence-corrected chi connectivity index (χ1v) is 6.46. The molecule has 2 aromatic rings. The minimum atomic E-state index is 0.0697. The molecule has 0 amide bonds. The SMILES string of the molecule is NCC1(c2ncc3cc(Cl)ccn23)CCCC1. The van der Waals surface area contributed by atoms with Gasteiger partial charge in [0, 0.05) is 23.2 Å². The predicted molar refractivity (Wildman–Crippen MR) is 69.4 cm³/mol. The molecule has 1 aliphatic rings. The second-order valence-electron chi connectivity index (χ2n) is 4.91. The number of hydrogen-bond donors (Lipinski definition) is 1. The van der Waals surface area contributed by atoms with Crippen LogP contribution in [0.15, 0.2) is 24.5 Å². The predicted octanol–water partition coefficient (Wildman–Crippen LogP) is 2.76. The van der Waals surface area contributed by atoms with Crippen molar-refractivity contribution >= 4 is 17.1 Å². The summed E-state index contributed by atoms with van der Waals surface area (Å²) < 4.78 is 2.13. The van der Waals surface area contributed by atoms with Crippen LogP contribution < -0.4 is 5.73 Å². The summed E-state index contributed by atoms with van der Waals surface area (Å²) in [6, 6.07) is 3.84. The Bertz CT molecular complexity index is 541. The lowest BCUT2D eigenvalue weighted by molar-refractivity contribution is 0.423. The molecule has 3 nitrogen and oxygen atoms in total. The molecule has 0 unspecified atom stereocenters. The average molecular weight is 250 g/mol. The highest BCUT2D eigenvalue weighted by Crippen LogP contribution is 2.39. The van der Waals surface area contributed by atoms with E-state index in [-0.39, 0.29) is 5.41 Å². The number of aromatic nitrogens is 2. The van der Waals surface area contributed by atoms with Crippen LogP contribution in [0.3, 0.4) is 0 Å². The highest BCUT2D eigenvalue weighted by Gasteiger charge is 2.37. The third kappa shape index (κ3) is 1.65. The van der Waals surface area contributed by atoms with Crippen molar-refractivity contribution in [2.75, 3.05) is 6.54 Å². The van der Waals surface area contributed by atoms with E-state index in [9.17, 15) is 0 Å². The van der Waals surface area contributed by atoms with E-state index in [1.165, 1.54) is 12.8 Å². The third-order valence-corrected chi connectivity index (χ3v) is 4.15. The van der Waals surface area contributed by atoms with Gasteiger partial charge in [-0.3, -0.25) is 0 Å². The second kappa shape index (κ2) is 4.00. The average Bonchev–Trinajstić information content (AvgIpc) is 2.94. The molecule has 2 heterocycles. The molecule has 1 aliphatic carbocycles. The van der Waals surface area contributed by atoms with Gasteiger partial charge in [0.25, 0.3) is 0 Å². The largest absolute Gasteiger partial charge is 0.329 e. The normalized spacial score (nSPS) is 18.9. The van der Waals surface area contributed by atoms with Crippen LogP contribution in [0, 0.1) is 0 Å². The summed E-state index contributed by atoms with van der Waals surface area (Å²) in [6.45, 7) is 0.675. The first-order valence-electron chi connectivity index (χ1n) is 6.08. The second-order valence-corrected chi connectivity index (χ2v) is 5.35. The van der Waals surface area contributed by atoms with Gasteiger partial charge in [-0.1, -0.05) is 24.4 Å². The molecule has 0 aromatic carbocycles. The number of nitrogens with two attached hydrogens (primary N) is 1. The van der Waals surface area contributed by atoms with Gasteiger partial charge in [-0.05, 0) is 25.0 Å². The molecule has 3 rings (SSSR count). The molecule has 2 aromatic heterocycles. The van der Waals surface area contributed by atoms with E-state index in [0.29, 0.717) is 6.54 Å². The summed E-state index contributed by atoms with van der Waals surface area (Å²) in [5.74, 6) is 1.10. The maximum atomic E-state index is 6.00. The molecule has 0 bridgehead atoms. The van der Waals surface area contributed by atoms with E-state index in [2.05, 4.69) is 9.38 Å². The van der Waals surface area contributed by atoms with Crippen LogP contribution in [0.25, 0.3) is 5.52 Å². The molecule has 0 spiro atoms. The highest BCUT2D eigenvalue weighted by atomic mass is 35.5. The van der Waals surface area contributed by atoms with Crippen molar-refractivity contribution in [1.82, 2.24) is 9.38 Å². The maximum Gasteiger partial charge on any atom is 0.120 e. The van der Waals surface area contributed by atoms with Gasteiger partial charge >= 0.3 is 0 Å². The van der Waals surface area contributed by atoms with E-state index in [4.69, 9.17) is 17.3 Å². The van der Waals surface area contributed by atoms with Crippen LogP contribution in [0.5, 0.6) is 0 Å². The zero-order valence-corrected chi connectivity index (χ0v) is 10.5. The molecule has 90 valence electrons. The van der Waals surface area contributed by atoms with Crippen LogP contribution in [0.4, 0.5) is 0 Å². The highest BCUT2D eigenvalue weighted by molar-refractivity contribution is 6.30. The minimum absolute atomic E-state index is 0.0697. The summed E-state index contributed by atoms with van der Waals surface area (Å²) in [7, 11) is 0. The standard InChI is InChI=1S/C13H16ClN3/c14-10-3-6-17-11(7-10)8-16-12(17)13(9-15)4-1-2-5-13/h3,6-8H,1-2,4-5,9,15H2. The number of fused-ring (bicyclic) bond motifs is 1. The summed E-state index contributed by atoms with van der Waals surface area (Å²) in [5, 5.41) is 0.747. The molecule has 1 saturated carbocycles. The van der Waals surface area contributed by atoms with Gasteiger partial charge in [-0.15, -0.1) is 0 Å². The Hall–Kier alpha value is -1.06. The van der Waals surface area contributed by atoms with Gasteiger partial charge in [-0.2, -0.15) is 0 Å². The van der Waals surface area contributed by atoms with E-state index in [0.717, 1.165) is 29.2 Å². The molecule has 17 heavy (non-hydrogen) atoms. The fraction of sp³-hybridized carbons (Fsp3) is 0.462. The number of hydrogen-bond acceptors (Lipinski definition) is 2. The molecule has 4 heteroatoms. The van der Waals surface area contributed by atoms with Crippen LogP contribution in [0.1, 0.15) is 31.5 Å². The van der Waals surface area contributed by atoms with E-state index >= 15 is 0 Å². The lowest BCUT2D eigenvalue weighted by atomic mass is 9.85. The first kappa shape index (κ1) is 11.1. The minimum Gasteiger partial charge on any atom is -0.329 e. The van der Waals surface area contributed by atoms with Crippen LogP contribution in [-0.4, -0.2) is 15.9 Å². The molecule has 0 aliphatic heterocycles. The van der Waals surface area contributed by atoms with Crippen molar-refractivity contribution in [1.29, 1.82) is 0 Å². The molecular formula is C13H16ClN3. The number of halogens is 1. The quantitative estimate of drug-likeness (QED) is 0.890. The Morgan fingerprint density at radius 1 is 1.41 bits per heavy atom. The summed E-state index contributed by atoms with van der Waals surface area (Å²) in [6.07, 6.45) is 8.67. The van der Waals surface area contributed by atoms with Crippen LogP contribution >= 0.6 is 11.6 Å². The van der Waals surface area contributed by atoms with Crippen molar-refractivity contribution in [3.8, 4) is 0 Å². The zero-order valence-electron chi connectivity index (χ0n) is 9.69. The first-order chi connectivity index (χ1) is 8.25. The summed E-state index contributed by atoms with van der Waals surface area (Å²) in [4.78, 5) is 4.59. The van der Waals surface area contributed by atoms with E-state index in [1.54, 1.807) is 0 Å². The number of nitrogens with zero attached hydrogens (tertiary/aromatic N) is 2. The molecule has 2 N–H and O–H groups in total. The smallest absolute Gasteiger partial charge is 0.120 e. The van der Waals surface area contributed by atoms with Gasteiger partial charge in [0.1, 0.15) is 5.82 Å². The van der Waals surface area contributed by atoms with Gasteiger partial charge in [0.2, 0.25) is 0 Å². The van der Waals surface area contributed by atoms with Gasteiger partial charge in [-0.25, -0.2) is 4.98 Å². The van der Waals surface area contributed by atoms with Crippen molar-refractivity contribution < 1.29 is 0 Å². The Labute approximate surface area is 106 Å². The zero-order chi connectivity index (χ0) is 11.9. The Morgan fingerprint density at radius 3 is 2.88 bits per heavy atom. The van der Waals surface area contributed by atoms with Gasteiger partial charge in [0.05, 0.1) is 11.7 Å². The Morgan fingerprint density at radius 2 is 2.18 bits per heavy atom. The van der Waals surface area contributed by atoms with E-state index in [1.807, 2.05) is 24.5 Å². The summed E-state index contributed by atoms with van der Waals surface area (Å²) in [5.41, 5.74) is 7.12. The van der Waals surface area contributed by atoms with Crippen molar-refractivity contribution in [3.05, 3.63) is 35.4 Å². The summed E-state index contributed by atoms with van der Waals surface area (Å²) >= 11 is 5.99. The number of pyridine rings is 1. The van der Waals surface area contributed by atoms with Crippen LogP contribution in [0.2, 0.25) is 5.02 Å². The van der Waals surface area contributed by atoms with Crippen molar-refractivity contribution in [3.63, 3.8) is 0 Å². The lowest BCUT2D eigenvalue weighted by Gasteiger charge is -2.25. The number of rotatable bonds is 2.